The molecular formula is C18H14ClFN2O3S. The molecule has 0 aliphatic heterocycles. The number of pyridine rings is 1. The van der Waals surface area contributed by atoms with Gasteiger partial charge < -0.3 is 4.74 Å². The molecule has 0 saturated heterocycles. The number of hydrogen-bond acceptors (Lipinski definition) is 4. The predicted molar refractivity (Wildman–Crippen MR) is 98.0 cm³/mol. The molecule has 0 spiro atoms. The summed E-state index contributed by atoms with van der Waals surface area (Å²) in [6.45, 7) is 0. The molecule has 0 aliphatic rings. The van der Waals surface area contributed by atoms with Crippen LogP contribution >= 0.6 is 11.6 Å². The molecule has 1 heterocycles. The maximum Gasteiger partial charge on any atom is 0.238 e. The highest BCUT2D eigenvalue weighted by Gasteiger charge is 2.16. The zero-order chi connectivity index (χ0) is 18.9. The lowest BCUT2D eigenvalue weighted by molar-refractivity contribution is 0.415. The van der Waals surface area contributed by atoms with Crippen LogP contribution in [0.25, 0.3) is 22.4 Å². The van der Waals surface area contributed by atoms with Gasteiger partial charge in [-0.15, -0.1) is 0 Å². The number of methoxy groups -OCH3 is 1. The number of nitrogens with two attached hydrogens (primary N) is 1. The Balaban J connectivity index is 2.20. The van der Waals surface area contributed by atoms with E-state index in [1.807, 2.05) is 0 Å². The van der Waals surface area contributed by atoms with Gasteiger partial charge in [0.25, 0.3) is 0 Å². The quantitative estimate of drug-likeness (QED) is 0.730. The van der Waals surface area contributed by atoms with E-state index in [-0.39, 0.29) is 10.5 Å². The van der Waals surface area contributed by atoms with E-state index >= 15 is 0 Å². The maximum absolute atomic E-state index is 14.0. The molecule has 0 bridgehead atoms. The smallest absolute Gasteiger partial charge is 0.238 e. The first-order chi connectivity index (χ1) is 12.3. The SMILES string of the molecule is COc1ccc(-c2cccnc2-c2cc(F)cc(S(N)(=O)=O)c2)cc1Cl. The first kappa shape index (κ1) is 18.3. The van der Waals surface area contributed by atoms with Gasteiger partial charge in [0.05, 0.1) is 22.7 Å². The lowest BCUT2D eigenvalue weighted by Gasteiger charge is -2.12. The number of rotatable bonds is 4. The van der Waals surface area contributed by atoms with Crippen molar-refractivity contribution in [2.45, 2.75) is 4.90 Å². The number of aromatic nitrogens is 1. The topological polar surface area (TPSA) is 82.3 Å². The van der Waals surface area contributed by atoms with Crippen molar-refractivity contribution in [3.8, 4) is 28.1 Å². The highest BCUT2D eigenvalue weighted by molar-refractivity contribution is 7.89. The van der Waals surface area contributed by atoms with E-state index in [1.165, 1.54) is 25.4 Å². The second kappa shape index (κ2) is 7.03. The molecule has 0 unspecified atom stereocenters. The van der Waals surface area contributed by atoms with Gasteiger partial charge in [0.2, 0.25) is 10.0 Å². The van der Waals surface area contributed by atoms with Crippen LogP contribution in [0, 0.1) is 5.82 Å². The Kier molecular flexibility index (Phi) is 4.95. The fourth-order valence-electron chi connectivity index (χ4n) is 2.57. The third kappa shape index (κ3) is 3.70. The normalized spacial score (nSPS) is 11.4. The van der Waals surface area contributed by atoms with Gasteiger partial charge in [-0.05, 0) is 42.0 Å². The monoisotopic (exact) mass is 392 g/mol. The molecule has 2 aromatic carbocycles. The Morgan fingerprint density at radius 2 is 1.88 bits per heavy atom. The molecule has 26 heavy (non-hydrogen) atoms. The Morgan fingerprint density at radius 1 is 1.12 bits per heavy atom. The van der Waals surface area contributed by atoms with Crippen LogP contribution in [0.5, 0.6) is 5.75 Å². The van der Waals surface area contributed by atoms with Crippen molar-refractivity contribution >= 4 is 21.6 Å². The minimum absolute atomic E-state index is 0.288. The molecular weight excluding hydrogens is 379 g/mol. The van der Waals surface area contributed by atoms with E-state index in [0.717, 1.165) is 11.6 Å². The summed E-state index contributed by atoms with van der Waals surface area (Å²) < 4.78 is 42.3. The van der Waals surface area contributed by atoms with E-state index in [2.05, 4.69) is 4.98 Å². The lowest BCUT2D eigenvalue weighted by atomic mass is 9.99. The second-order valence-corrected chi connectivity index (χ2v) is 7.44. The Labute approximate surface area is 155 Å². The maximum atomic E-state index is 14.0. The Bertz CT molecular complexity index is 1090. The molecule has 8 heteroatoms. The summed E-state index contributed by atoms with van der Waals surface area (Å²) in [4.78, 5) is 3.96. The van der Waals surface area contributed by atoms with E-state index in [0.29, 0.717) is 22.0 Å². The molecule has 3 rings (SSSR count). The zero-order valence-corrected chi connectivity index (χ0v) is 15.2. The summed E-state index contributed by atoms with van der Waals surface area (Å²) in [5.74, 6) is -0.209. The minimum atomic E-state index is -4.05. The van der Waals surface area contributed by atoms with Crippen LogP contribution in [0.2, 0.25) is 5.02 Å². The summed E-state index contributed by atoms with van der Waals surface area (Å²) in [6, 6.07) is 12.0. The molecule has 5 nitrogen and oxygen atoms in total. The van der Waals surface area contributed by atoms with Gasteiger partial charge in [-0.3, -0.25) is 4.98 Å². The van der Waals surface area contributed by atoms with Crippen molar-refractivity contribution < 1.29 is 17.5 Å². The summed E-state index contributed by atoms with van der Waals surface area (Å²) in [6.07, 6.45) is 1.53. The van der Waals surface area contributed by atoms with Crippen LogP contribution in [0.4, 0.5) is 4.39 Å². The number of nitrogens with zero attached hydrogens (tertiary/aromatic N) is 1. The fourth-order valence-corrected chi connectivity index (χ4v) is 3.39. The van der Waals surface area contributed by atoms with E-state index in [1.54, 1.807) is 30.3 Å². The zero-order valence-electron chi connectivity index (χ0n) is 13.6. The number of benzene rings is 2. The van der Waals surface area contributed by atoms with Crippen molar-refractivity contribution in [3.05, 3.63) is 65.6 Å². The molecule has 0 amide bonds. The first-order valence-electron chi connectivity index (χ1n) is 7.42. The standard InChI is InChI=1S/C18H14ClFN2O3S/c1-25-17-5-4-11(9-16(17)19)15-3-2-6-22-18(15)12-7-13(20)10-14(8-12)26(21,23)24/h2-10H,1H3,(H2,21,23,24). The highest BCUT2D eigenvalue weighted by atomic mass is 35.5. The van der Waals surface area contributed by atoms with Gasteiger partial charge in [-0.2, -0.15) is 0 Å². The molecule has 0 atom stereocenters. The van der Waals surface area contributed by atoms with E-state index in [4.69, 9.17) is 21.5 Å². The largest absolute Gasteiger partial charge is 0.495 e. The van der Waals surface area contributed by atoms with Crippen LogP contribution < -0.4 is 9.88 Å². The van der Waals surface area contributed by atoms with Gasteiger partial charge in [-0.1, -0.05) is 23.7 Å². The summed E-state index contributed by atoms with van der Waals surface area (Å²) in [5, 5.41) is 5.53. The van der Waals surface area contributed by atoms with E-state index in [9.17, 15) is 12.8 Å². The lowest BCUT2D eigenvalue weighted by Crippen LogP contribution is -2.12. The van der Waals surface area contributed by atoms with Crippen LogP contribution in [0.15, 0.2) is 59.6 Å². The average molecular weight is 393 g/mol. The fraction of sp³-hybridized carbons (Fsp3) is 0.0556. The van der Waals surface area contributed by atoms with Gasteiger partial charge >= 0.3 is 0 Å². The molecule has 0 aliphatic carbocycles. The minimum Gasteiger partial charge on any atom is -0.495 e. The molecule has 0 saturated carbocycles. The molecule has 0 fully saturated rings. The Morgan fingerprint density at radius 3 is 2.54 bits per heavy atom. The first-order valence-corrected chi connectivity index (χ1v) is 9.35. The molecule has 3 aromatic rings. The number of sulfonamides is 1. The number of ether oxygens (including phenoxy) is 1. The summed E-state index contributed by atoms with van der Waals surface area (Å²) >= 11 is 6.19. The second-order valence-electron chi connectivity index (χ2n) is 5.47. The highest BCUT2D eigenvalue weighted by Crippen LogP contribution is 2.35. The van der Waals surface area contributed by atoms with Gasteiger partial charge in [-0.25, -0.2) is 17.9 Å². The van der Waals surface area contributed by atoms with E-state index < -0.39 is 15.8 Å². The Hall–Kier alpha value is -2.48. The summed E-state index contributed by atoms with van der Waals surface area (Å²) in [7, 11) is -2.54. The number of primary sulfonamides is 1. The van der Waals surface area contributed by atoms with Crippen LogP contribution in [0.3, 0.4) is 0 Å². The molecule has 134 valence electrons. The van der Waals surface area contributed by atoms with Crippen molar-refractivity contribution in [2.75, 3.05) is 7.11 Å². The van der Waals surface area contributed by atoms with Crippen molar-refractivity contribution in [1.29, 1.82) is 0 Å². The average Bonchev–Trinajstić information content (AvgIpc) is 2.60. The number of hydrogen-bond donors (Lipinski definition) is 1. The van der Waals surface area contributed by atoms with Crippen LogP contribution in [-0.2, 0) is 10.0 Å². The third-order valence-corrected chi connectivity index (χ3v) is 4.93. The third-order valence-electron chi connectivity index (χ3n) is 3.74. The molecule has 2 N–H and O–H groups in total. The summed E-state index contributed by atoms with van der Waals surface area (Å²) in [5.41, 5.74) is 2.07. The molecule has 0 radical (unpaired) electrons. The van der Waals surface area contributed by atoms with Crippen molar-refractivity contribution in [3.63, 3.8) is 0 Å². The van der Waals surface area contributed by atoms with Gasteiger partial charge in [0.15, 0.2) is 0 Å². The number of halogens is 2. The van der Waals surface area contributed by atoms with Gasteiger partial charge in [0, 0.05) is 17.3 Å². The van der Waals surface area contributed by atoms with Crippen molar-refractivity contribution in [2.24, 2.45) is 5.14 Å². The van der Waals surface area contributed by atoms with Gasteiger partial charge in [0.1, 0.15) is 11.6 Å². The van der Waals surface area contributed by atoms with Crippen molar-refractivity contribution in [1.82, 2.24) is 4.98 Å². The van der Waals surface area contributed by atoms with Crippen LogP contribution in [-0.4, -0.2) is 20.5 Å². The predicted octanol–water partition coefficient (Wildman–Crippen LogP) is 3.86. The molecule has 1 aromatic heterocycles. The van der Waals surface area contributed by atoms with Crippen LogP contribution in [0.1, 0.15) is 0 Å².